The fraction of sp³-hybridized carbons (Fsp3) is 0.364. The highest BCUT2D eigenvalue weighted by Gasteiger charge is 2.64. The molecule has 0 bridgehead atoms. The van der Waals surface area contributed by atoms with Gasteiger partial charge in [0, 0.05) is 11.6 Å². The van der Waals surface area contributed by atoms with E-state index < -0.39 is 29.6 Å². The third-order valence-corrected chi connectivity index (χ3v) is 2.45. The number of aryl methyl sites for hydroxylation is 1. The van der Waals surface area contributed by atoms with Gasteiger partial charge in [0.1, 0.15) is 6.61 Å². The van der Waals surface area contributed by atoms with E-state index in [4.69, 9.17) is 0 Å². The first-order valence-electron chi connectivity index (χ1n) is 5.32. The molecule has 5 nitrogen and oxygen atoms in total. The number of nitrogens with zero attached hydrogens (tertiary/aromatic N) is 1. The van der Waals surface area contributed by atoms with Gasteiger partial charge in [-0.3, -0.25) is 10.1 Å². The number of alkyl halides is 5. The van der Waals surface area contributed by atoms with Crippen LogP contribution < -0.4 is 0 Å². The molecule has 0 aliphatic heterocycles. The van der Waals surface area contributed by atoms with Crippen molar-refractivity contribution in [1.29, 1.82) is 0 Å². The lowest BCUT2D eigenvalue weighted by Crippen LogP contribution is -2.45. The Kier molecular flexibility index (Phi) is 4.49. The molecule has 0 fully saturated rings. The van der Waals surface area contributed by atoms with Gasteiger partial charge < -0.3 is 4.74 Å². The Morgan fingerprint density at radius 3 is 2.33 bits per heavy atom. The fourth-order valence-corrected chi connectivity index (χ4v) is 1.30. The van der Waals surface area contributed by atoms with Crippen LogP contribution >= 0.6 is 0 Å². The van der Waals surface area contributed by atoms with Crippen LogP contribution in [0.15, 0.2) is 18.2 Å². The number of hydrogen-bond acceptors (Lipinski definition) is 4. The van der Waals surface area contributed by atoms with E-state index >= 15 is 0 Å². The normalized spacial score (nSPS) is 12.1. The van der Waals surface area contributed by atoms with Crippen molar-refractivity contribution in [2.24, 2.45) is 0 Å². The van der Waals surface area contributed by atoms with E-state index in [0.717, 1.165) is 6.07 Å². The van der Waals surface area contributed by atoms with Crippen LogP contribution in [0.5, 0.6) is 0 Å². The minimum Gasteiger partial charge on any atom is -0.456 e. The molecule has 0 aliphatic rings. The summed E-state index contributed by atoms with van der Waals surface area (Å²) in [5, 5.41) is 10.6. The molecule has 1 aromatic rings. The number of rotatable bonds is 4. The summed E-state index contributed by atoms with van der Waals surface area (Å²) in [6.07, 6.45) is -6.07. The summed E-state index contributed by atoms with van der Waals surface area (Å²) in [5.41, 5.74) is -0.194. The predicted octanol–water partition coefficient (Wildman–Crippen LogP) is 3.14. The highest BCUT2D eigenvalue weighted by Crippen LogP contribution is 2.36. The van der Waals surface area contributed by atoms with Gasteiger partial charge in [0.05, 0.1) is 4.92 Å². The molecule has 1 aromatic carbocycles. The maximum atomic E-state index is 12.6. The number of ether oxygens (including phenoxy) is 1. The van der Waals surface area contributed by atoms with E-state index in [9.17, 15) is 36.9 Å². The lowest BCUT2D eigenvalue weighted by Gasteiger charge is -2.17. The highest BCUT2D eigenvalue weighted by molar-refractivity contribution is 5.78. The second kappa shape index (κ2) is 5.62. The standard InChI is InChI=1S/C11H8F5NO4/c1-6-2-3-7(4-8(6)17(19)20)5-21-9(18)10(12,13)11(14,15)16/h2-4H,5H2,1H3. The number of benzene rings is 1. The number of halogens is 5. The third-order valence-electron chi connectivity index (χ3n) is 2.45. The van der Waals surface area contributed by atoms with E-state index in [2.05, 4.69) is 4.74 Å². The molecule has 1 rings (SSSR count). The van der Waals surface area contributed by atoms with Gasteiger partial charge in [0.15, 0.2) is 0 Å². The van der Waals surface area contributed by atoms with Gasteiger partial charge >= 0.3 is 18.1 Å². The van der Waals surface area contributed by atoms with E-state index in [1.54, 1.807) is 0 Å². The zero-order chi connectivity index (χ0) is 16.4. The quantitative estimate of drug-likeness (QED) is 0.370. The first-order chi connectivity index (χ1) is 9.46. The molecule has 0 aliphatic carbocycles. The van der Waals surface area contributed by atoms with Crippen molar-refractivity contribution >= 4 is 11.7 Å². The van der Waals surface area contributed by atoms with Crippen molar-refractivity contribution < 1.29 is 36.4 Å². The summed E-state index contributed by atoms with van der Waals surface area (Å²) in [6, 6.07) is 3.39. The molecule has 21 heavy (non-hydrogen) atoms. The maximum Gasteiger partial charge on any atom is 0.465 e. The molecule has 0 heterocycles. The Balaban J connectivity index is 2.83. The summed E-state index contributed by atoms with van der Waals surface area (Å²) in [5.74, 6) is -8.40. The Hall–Kier alpha value is -2.26. The zero-order valence-corrected chi connectivity index (χ0v) is 10.4. The second-order valence-electron chi connectivity index (χ2n) is 4.03. The van der Waals surface area contributed by atoms with Gasteiger partial charge in [-0.25, -0.2) is 4.79 Å². The summed E-state index contributed by atoms with van der Waals surface area (Å²) < 4.78 is 64.7. The minimum absolute atomic E-state index is 0.0846. The topological polar surface area (TPSA) is 69.4 Å². The molecule has 0 unspecified atom stereocenters. The lowest BCUT2D eigenvalue weighted by atomic mass is 10.1. The molecule has 0 spiro atoms. The summed E-state index contributed by atoms with van der Waals surface area (Å²) in [6.45, 7) is 0.470. The molecule has 0 saturated heterocycles. The molecular formula is C11H8F5NO4. The fourth-order valence-electron chi connectivity index (χ4n) is 1.30. The molecule has 0 amide bonds. The van der Waals surface area contributed by atoms with Gasteiger partial charge in [-0.2, -0.15) is 22.0 Å². The van der Waals surface area contributed by atoms with Crippen molar-refractivity contribution in [3.05, 3.63) is 39.4 Å². The van der Waals surface area contributed by atoms with Crippen LogP contribution in [0, 0.1) is 17.0 Å². The summed E-state index contributed by atoms with van der Waals surface area (Å²) in [7, 11) is 0. The van der Waals surface area contributed by atoms with Crippen LogP contribution in [0.2, 0.25) is 0 Å². The minimum atomic E-state index is -6.07. The Bertz CT molecular complexity index is 570. The van der Waals surface area contributed by atoms with Crippen LogP contribution in [-0.4, -0.2) is 23.0 Å². The number of hydrogen-bond donors (Lipinski definition) is 0. The Morgan fingerprint density at radius 1 is 1.29 bits per heavy atom. The van der Waals surface area contributed by atoms with Crippen LogP contribution in [-0.2, 0) is 16.1 Å². The zero-order valence-electron chi connectivity index (χ0n) is 10.4. The third kappa shape index (κ3) is 3.64. The smallest absolute Gasteiger partial charge is 0.456 e. The number of carbonyl (C=O) groups excluding carboxylic acids is 1. The van der Waals surface area contributed by atoms with Crippen molar-refractivity contribution in [3.8, 4) is 0 Å². The van der Waals surface area contributed by atoms with Crippen molar-refractivity contribution in [1.82, 2.24) is 0 Å². The maximum absolute atomic E-state index is 12.6. The van der Waals surface area contributed by atoms with Gasteiger partial charge in [-0.15, -0.1) is 0 Å². The Morgan fingerprint density at radius 2 is 1.86 bits per heavy atom. The van der Waals surface area contributed by atoms with E-state index in [1.165, 1.54) is 19.1 Å². The first kappa shape index (κ1) is 16.8. The molecule has 10 heteroatoms. The van der Waals surface area contributed by atoms with Gasteiger partial charge in [0.2, 0.25) is 0 Å². The molecular weight excluding hydrogens is 305 g/mol. The molecule has 0 aromatic heterocycles. The van der Waals surface area contributed by atoms with Gasteiger partial charge in [0.25, 0.3) is 5.69 Å². The average molecular weight is 313 g/mol. The van der Waals surface area contributed by atoms with Crippen LogP contribution in [0.1, 0.15) is 11.1 Å². The van der Waals surface area contributed by atoms with Crippen LogP contribution in [0.4, 0.5) is 27.6 Å². The monoisotopic (exact) mass is 313 g/mol. The van der Waals surface area contributed by atoms with Crippen LogP contribution in [0.25, 0.3) is 0 Å². The summed E-state index contributed by atoms with van der Waals surface area (Å²) >= 11 is 0. The summed E-state index contributed by atoms with van der Waals surface area (Å²) in [4.78, 5) is 20.6. The predicted molar refractivity (Wildman–Crippen MR) is 58.6 cm³/mol. The van der Waals surface area contributed by atoms with E-state index in [1.807, 2.05) is 0 Å². The second-order valence-corrected chi connectivity index (χ2v) is 4.03. The lowest BCUT2D eigenvalue weighted by molar-refractivity contribution is -0.385. The Labute approximate surface area is 114 Å². The molecule has 0 radical (unpaired) electrons. The van der Waals surface area contributed by atoms with Crippen molar-refractivity contribution in [2.75, 3.05) is 0 Å². The SMILES string of the molecule is Cc1ccc(COC(=O)C(F)(F)C(F)(F)F)cc1[N+](=O)[O-]. The number of carbonyl (C=O) groups is 1. The van der Waals surface area contributed by atoms with Crippen molar-refractivity contribution in [2.45, 2.75) is 25.6 Å². The average Bonchev–Trinajstić information content (AvgIpc) is 2.35. The molecule has 0 atom stereocenters. The largest absolute Gasteiger partial charge is 0.465 e. The highest BCUT2D eigenvalue weighted by atomic mass is 19.4. The molecule has 0 saturated carbocycles. The molecule has 0 N–H and O–H groups in total. The van der Waals surface area contributed by atoms with Crippen LogP contribution in [0.3, 0.4) is 0 Å². The number of nitro groups is 1. The number of nitro benzene ring substituents is 1. The van der Waals surface area contributed by atoms with E-state index in [0.29, 0.717) is 0 Å². The van der Waals surface area contributed by atoms with Gasteiger partial charge in [-0.05, 0) is 12.5 Å². The molecule has 116 valence electrons. The van der Waals surface area contributed by atoms with E-state index in [-0.39, 0.29) is 16.8 Å². The number of esters is 1. The first-order valence-corrected chi connectivity index (χ1v) is 5.32. The van der Waals surface area contributed by atoms with Crippen molar-refractivity contribution in [3.63, 3.8) is 0 Å². The van der Waals surface area contributed by atoms with Gasteiger partial charge in [-0.1, -0.05) is 12.1 Å².